The minimum Gasteiger partial charge on any atom is -0.497 e. The van der Waals surface area contributed by atoms with Crippen LogP contribution in [0.4, 0.5) is 0 Å². The van der Waals surface area contributed by atoms with Gasteiger partial charge in [-0.05, 0) is 48.6 Å². The molecule has 2 aromatic carbocycles. The van der Waals surface area contributed by atoms with Gasteiger partial charge < -0.3 is 10.5 Å². The SMILES string of the molecule is COc1ccc(CCC(N)C2Cc3ccccc3S2)cc1. The molecule has 0 fully saturated rings. The Morgan fingerprint density at radius 3 is 2.67 bits per heavy atom. The number of thioether (sulfide) groups is 1. The Bertz CT molecular complexity index is 571. The molecule has 2 unspecified atom stereocenters. The van der Waals surface area contributed by atoms with E-state index in [1.807, 2.05) is 23.9 Å². The largest absolute Gasteiger partial charge is 0.497 e. The van der Waals surface area contributed by atoms with E-state index in [1.165, 1.54) is 16.0 Å². The van der Waals surface area contributed by atoms with Crippen LogP contribution in [0.15, 0.2) is 53.4 Å². The van der Waals surface area contributed by atoms with Crippen molar-refractivity contribution in [3.05, 3.63) is 59.7 Å². The lowest BCUT2D eigenvalue weighted by molar-refractivity contribution is 0.414. The number of ether oxygens (including phenoxy) is 1. The van der Waals surface area contributed by atoms with Crippen LogP contribution < -0.4 is 10.5 Å². The fraction of sp³-hybridized carbons (Fsp3) is 0.333. The molecule has 1 aliphatic rings. The van der Waals surface area contributed by atoms with E-state index in [2.05, 4.69) is 36.4 Å². The van der Waals surface area contributed by atoms with E-state index in [1.54, 1.807) is 7.11 Å². The second-order valence-electron chi connectivity index (χ2n) is 5.52. The third-order valence-electron chi connectivity index (χ3n) is 4.07. The van der Waals surface area contributed by atoms with Crippen LogP contribution in [0.25, 0.3) is 0 Å². The Labute approximate surface area is 130 Å². The predicted molar refractivity (Wildman–Crippen MR) is 89.1 cm³/mol. The highest BCUT2D eigenvalue weighted by molar-refractivity contribution is 8.00. The summed E-state index contributed by atoms with van der Waals surface area (Å²) in [5, 5.41) is 0.514. The zero-order chi connectivity index (χ0) is 14.7. The Morgan fingerprint density at radius 2 is 1.95 bits per heavy atom. The normalized spacial score (nSPS) is 18.3. The van der Waals surface area contributed by atoms with E-state index in [0.29, 0.717) is 5.25 Å². The lowest BCUT2D eigenvalue weighted by Gasteiger charge is -2.18. The average Bonchev–Trinajstić information content (AvgIpc) is 2.97. The number of aryl methyl sites for hydroxylation is 1. The summed E-state index contributed by atoms with van der Waals surface area (Å²) in [6.45, 7) is 0. The van der Waals surface area contributed by atoms with Gasteiger partial charge in [-0.15, -0.1) is 11.8 Å². The Kier molecular flexibility index (Phi) is 4.51. The summed E-state index contributed by atoms with van der Waals surface area (Å²) >= 11 is 1.94. The summed E-state index contributed by atoms with van der Waals surface area (Å²) in [5.74, 6) is 0.907. The summed E-state index contributed by atoms with van der Waals surface area (Å²) < 4.78 is 5.18. The van der Waals surface area contributed by atoms with Crippen molar-refractivity contribution in [2.45, 2.75) is 35.4 Å². The second-order valence-corrected chi connectivity index (χ2v) is 6.80. The standard InChI is InChI=1S/C18H21NOS/c1-20-15-9-6-13(7-10-15)8-11-16(19)18-12-14-4-2-3-5-17(14)21-18/h2-7,9-10,16,18H,8,11-12,19H2,1H3. The van der Waals surface area contributed by atoms with Gasteiger partial charge in [-0.25, -0.2) is 0 Å². The maximum Gasteiger partial charge on any atom is 0.118 e. The molecule has 0 radical (unpaired) electrons. The molecule has 0 saturated carbocycles. The van der Waals surface area contributed by atoms with E-state index in [-0.39, 0.29) is 6.04 Å². The van der Waals surface area contributed by atoms with Gasteiger partial charge in [-0.3, -0.25) is 0 Å². The summed E-state index contributed by atoms with van der Waals surface area (Å²) in [6, 6.07) is 17.2. The van der Waals surface area contributed by atoms with Crippen molar-refractivity contribution in [1.82, 2.24) is 0 Å². The summed E-state index contributed by atoms with van der Waals surface area (Å²) in [6.07, 6.45) is 3.15. The molecule has 2 nitrogen and oxygen atoms in total. The molecule has 0 saturated heterocycles. The molecule has 1 heterocycles. The van der Waals surface area contributed by atoms with Gasteiger partial charge in [0.25, 0.3) is 0 Å². The van der Waals surface area contributed by atoms with E-state index >= 15 is 0 Å². The van der Waals surface area contributed by atoms with Gasteiger partial charge in [0.05, 0.1) is 7.11 Å². The minimum absolute atomic E-state index is 0.240. The van der Waals surface area contributed by atoms with E-state index in [4.69, 9.17) is 10.5 Å². The van der Waals surface area contributed by atoms with Gasteiger partial charge in [0, 0.05) is 16.2 Å². The molecule has 3 rings (SSSR count). The molecule has 1 aliphatic heterocycles. The highest BCUT2D eigenvalue weighted by atomic mass is 32.2. The molecule has 2 N–H and O–H groups in total. The van der Waals surface area contributed by atoms with Crippen molar-refractivity contribution in [2.24, 2.45) is 5.73 Å². The molecular formula is C18H21NOS. The number of hydrogen-bond donors (Lipinski definition) is 1. The van der Waals surface area contributed by atoms with Crippen LogP contribution >= 0.6 is 11.8 Å². The van der Waals surface area contributed by atoms with E-state index in [9.17, 15) is 0 Å². The molecule has 2 aromatic rings. The Morgan fingerprint density at radius 1 is 1.19 bits per heavy atom. The zero-order valence-electron chi connectivity index (χ0n) is 12.3. The molecule has 0 aliphatic carbocycles. The van der Waals surface area contributed by atoms with Crippen molar-refractivity contribution in [1.29, 1.82) is 0 Å². The molecule has 110 valence electrons. The van der Waals surface area contributed by atoms with Crippen LogP contribution in [-0.2, 0) is 12.8 Å². The molecule has 2 atom stereocenters. The van der Waals surface area contributed by atoms with Crippen LogP contribution in [0, 0.1) is 0 Å². The summed E-state index contributed by atoms with van der Waals surface area (Å²) in [4.78, 5) is 1.40. The van der Waals surface area contributed by atoms with Crippen LogP contribution in [-0.4, -0.2) is 18.4 Å². The van der Waals surface area contributed by atoms with Crippen LogP contribution in [0.5, 0.6) is 5.75 Å². The fourth-order valence-corrected chi connectivity index (χ4v) is 4.12. The van der Waals surface area contributed by atoms with Gasteiger partial charge in [-0.1, -0.05) is 30.3 Å². The minimum atomic E-state index is 0.240. The fourth-order valence-electron chi connectivity index (χ4n) is 2.76. The van der Waals surface area contributed by atoms with Crippen molar-refractivity contribution in [3.8, 4) is 5.75 Å². The first-order valence-electron chi connectivity index (χ1n) is 7.39. The smallest absolute Gasteiger partial charge is 0.118 e. The average molecular weight is 299 g/mol. The molecular weight excluding hydrogens is 278 g/mol. The first-order chi connectivity index (χ1) is 10.3. The van der Waals surface area contributed by atoms with Gasteiger partial charge in [0.15, 0.2) is 0 Å². The quantitative estimate of drug-likeness (QED) is 0.915. The topological polar surface area (TPSA) is 35.2 Å². The zero-order valence-corrected chi connectivity index (χ0v) is 13.1. The third kappa shape index (κ3) is 3.42. The Hall–Kier alpha value is -1.45. The van der Waals surface area contributed by atoms with Gasteiger partial charge in [0.1, 0.15) is 5.75 Å². The molecule has 0 aromatic heterocycles. The lowest BCUT2D eigenvalue weighted by atomic mass is 9.99. The first-order valence-corrected chi connectivity index (χ1v) is 8.27. The Balaban J connectivity index is 1.54. The van der Waals surface area contributed by atoms with E-state index < -0.39 is 0 Å². The van der Waals surface area contributed by atoms with Gasteiger partial charge in [-0.2, -0.15) is 0 Å². The summed E-state index contributed by atoms with van der Waals surface area (Å²) in [7, 11) is 1.69. The summed E-state index contributed by atoms with van der Waals surface area (Å²) in [5.41, 5.74) is 9.19. The number of rotatable bonds is 5. The molecule has 0 amide bonds. The third-order valence-corrected chi connectivity index (χ3v) is 5.55. The maximum absolute atomic E-state index is 6.42. The number of nitrogens with two attached hydrogens (primary N) is 1. The van der Waals surface area contributed by atoms with Crippen LogP contribution in [0.2, 0.25) is 0 Å². The van der Waals surface area contributed by atoms with Gasteiger partial charge >= 0.3 is 0 Å². The number of fused-ring (bicyclic) bond motifs is 1. The molecule has 0 spiro atoms. The molecule has 0 bridgehead atoms. The molecule has 3 heteroatoms. The van der Waals surface area contributed by atoms with Crippen molar-refractivity contribution < 1.29 is 4.74 Å². The van der Waals surface area contributed by atoms with Gasteiger partial charge in [0.2, 0.25) is 0 Å². The van der Waals surface area contributed by atoms with E-state index in [0.717, 1.165) is 25.0 Å². The van der Waals surface area contributed by atoms with Crippen molar-refractivity contribution in [2.75, 3.05) is 7.11 Å². The lowest BCUT2D eigenvalue weighted by Crippen LogP contribution is -2.32. The number of benzene rings is 2. The first kappa shape index (κ1) is 14.5. The number of methoxy groups -OCH3 is 1. The predicted octanol–water partition coefficient (Wildman–Crippen LogP) is 3.67. The van der Waals surface area contributed by atoms with Crippen LogP contribution in [0.1, 0.15) is 17.5 Å². The maximum atomic E-state index is 6.42. The van der Waals surface area contributed by atoms with Crippen molar-refractivity contribution in [3.63, 3.8) is 0 Å². The highest BCUT2D eigenvalue weighted by Gasteiger charge is 2.26. The second kappa shape index (κ2) is 6.54. The number of hydrogen-bond acceptors (Lipinski definition) is 3. The molecule has 21 heavy (non-hydrogen) atoms. The highest BCUT2D eigenvalue weighted by Crippen LogP contribution is 2.38. The monoisotopic (exact) mass is 299 g/mol. The van der Waals surface area contributed by atoms with Crippen LogP contribution in [0.3, 0.4) is 0 Å². The van der Waals surface area contributed by atoms with Crippen molar-refractivity contribution >= 4 is 11.8 Å².